The van der Waals surface area contributed by atoms with E-state index in [0.29, 0.717) is 0 Å². The van der Waals surface area contributed by atoms with E-state index in [1.165, 1.54) is 32.1 Å². The molecule has 0 aromatic rings. The van der Waals surface area contributed by atoms with Crippen LogP contribution in [0.2, 0.25) is 0 Å². The quantitative estimate of drug-likeness (QED) is 0.465. The SMILES string of the molecule is CC1C[CH]C[CH]CCC1. The zero-order chi connectivity index (χ0) is 6.53. The molecule has 1 fully saturated rings. The molecule has 1 rings (SSSR count). The predicted octanol–water partition coefficient (Wildman–Crippen LogP) is 3.00. The van der Waals surface area contributed by atoms with Gasteiger partial charge in [0, 0.05) is 0 Å². The van der Waals surface area contributed by atoms with Crippen LogP contribution in [0.1, 0.15) is 39.0 Å². The van der Waals surface area contributed by atoms with Gasteiger partial charge in [0.2, 0.25) is 0 Å². The maximum atomic E-state index is 2.41. The molecule has 0 spiro atoms. The lowest BCUT2D eigenvalue weighted by Gasteiger charge is -2.13. The van der Waals surface area contributed by atoms with E-state index in [1.807, 2.05) is 0 Å². The lowest BCUT2D eigenvalue weighted by atomic mass is 9.93. The zero-order valence-corrected chi connectivity index (χ0v) is 6.27. The molecule has 1 saturated carbocycles. The minimum atomic E-state index is 0.943. The Labute approximate surface area is 58.7 Å². The summed E-state index contributed by atoms with van der Waals surface area (Å²) in [7, 11) is 0. The molecule has 1 aliphatic carbocycles. The van der Waals surface area contributed by atoms with Gasteiger partial charge in [0.15, 0.2) is 0 Å². The molecule has 0 aliphatic heterocycles. The smallest absolute Gasteiger partial charge is 0.0380 e. The predicted molar refractivity (Wildman–Crippen MR) is 40.8 cm³/mol. The summed E-state index contributed by atoms with van der Waals surface area (Å²) in [6.45, 7) is 2.35. The van der Waals surface area contributed by atoms with Gasteiger partial charge in [-0.25, -0.2) is 0 Å². The Kier molecular flexibility index (Phi) is 3.10. The summed E-state index contributed by atoms with van der Waals surface area (Å²) >= 11 is 0. The molecule has 0 nitrogen and oxygen atoms in total. The molecule has 0 aromatic carbocycles. The Balaban J connectivity index is 2.12. The van der Waals surface area contributed by atoms with E-state index in [9.17, 15) is 0 Å². The largest absolute Gasteiger partial charge is 0.0625 e. The van der Waals surface area contributed by atoms with Crippen LogP contribution in [0.25, 0.3) is 0 Å². The molecule has 52 valence electrons. The molecule has 0 amide bonds. The topological polar surface area (TPSA) is 0 Å². The summed E-state index contributed by atoms with van der Waals surface area (Å²) in [5, 5.41) is 0. The second-order valence-corrected chi connectivity index (χ2v) is 3.08. The van der Waals surface area contributed by atoms with E-state index in [2.05, 4.69) is 19.8 Å². The van der Waals surface area contributed by atoms with Gasteiger partial charge < -0.3 is 0 Å². The summed E-state index contributed by atoms with van der Waals surface area (Å²) in [4.78, 5) is 0. The first-order valence-corrected chi connectivity index (χ1v) is 4.03. The van der Waals surface area contributed by atoms with Crippen molar-refractivity contribution in [2.45, 2.75) is 39.0 Å². The molecule has 1 atom stereocenters. The molecule has 1 aliphatic rings. The Hall–Kier alpha value is 0. The van der Waals surface area contributed by atoms with Crippen LogP contribution in [0.15, 0.2) is 0 Å². The first-order valence-electron chi connectivity index (χ1n) is 4.03. The van der Waals surface area contributed by atoms with Crippen molar-refractivity contribution in [1.29, 1.82) is 0 Å². The molecule has 9 heavy (non-hydrogen) atoms. The fraction of sp³-hybridized carbons (Fsp3) is 0.778. The normalized spacial score (nSPS) is 25.0. The van der Waals surface area contributed by atoms with Gasteiger partial charge in [-0.05, 0) is 31.6 Å². The molecular formula is C9H16. The molecule has 1 unspecified atom stereocenters. The highest BCUT2D eigenvalue weighted by Crippen LogP contribution is 2.19. The van der Waals surface area contributed by atoms with Gasteiger partial charge in [-0.2, -0.15) is 0 Å². The van der Waals surface area contributed by atoms with Crippen molar-refractivity contribution in [3.63, 3.8) is 0 Å². The van der Waals surface area contributed by atoms with Crippen LogP contribution < -0.4 is 0 Å². The van der Waals surface area contributed by atoms with Crippen LogP contribution in [0.3, 0.4) is 0 Å². The number of rotatable bonds is 0. The van der Waals surface area contributed by atoms with Crippen LogP contribution in [0.5, 0.6) is 0 Å². The highest BCUT2D eigenvalue weighted by Gasteiger charge is 2.04. The third kappa shape index (κ3) is 2.88. The second-order valence-electron chi connectivity index (χ2n) is 3.08. The Morgan fingerprint density at radius 3 is 3.11 bits per heavy atom. The van der Waals surface area contributed by atoms with Crippen molar-refractivity contribution in [2.24, 2.45) is 5.92 Å². The lowest BCUT2D eigenvalue weighted by Crippen LogP contribution is -1.98. The third-order valence-electron chi connectivity index (χ3n) is 2.01. The van der Waals surface area contributed by atoms with Gasteiger partial charge in [-0.3, -0.25) is 0 Å². The van der Waals surface area contributed by atoms with Gasteiger partial charge >= 0.3 is 0 Å². The maximum Gasteiger partial charge on any atom is -0.0380 e. The van der Waals surface area contributed by atoms with E-state index < -0.39 is 0 Å². The highest BCUT2D eigenvalue weighted by molar-refractivity contribution is 4.80. The van der Waals surface area contributed by atoms with E-state index >= 15 is 0 Å². The van der Waals surface area contributed by atoms with Crippen LogP contribution in [-0.4, -0.2) is 0 Å². The Morgan fingerprint density at radius 1 is 1.33 bits per heavy atom. The molecule has 0 saturated heterocycles. The van der Waals surface area contributed by atoms with E-state index in [4.69, 9.17) is 0 Å². The van der Waals surface area contributed by atoms with Crippen LogP contribution in [0.4, 0.5) is 0 Å². The third-order valence-corrected chi connectivity index (χ3v) is 2.01. The van der Waals surface area contributed by atoms with Gasteiger partial charge in [0.1, 0.15) is 0 Å². The van der Waals surface area contributed by atoms with Crippen LogP contribution in [0, 0.1) is 18.8 Å². The summed E-state index contributed by atoms with van der Waals surface area (Å²) in [5.41, 5.74) is 0. The number of hydrogen-bond donors (Lipinski definition) is 0. The van der Waals surface area contributed by atoms with Gasteiger partial charge in [0.05, 0.1) is 0 Å². The second kappa shape index (κ2) is 3.92. The number of hydrogen-bond acceptors (Lipinski definition) is 0. The molecule has 0 bridgehead atoms. The molecule has 0 heterocycles. The Bertz CT molecular complexity index is 58.4. The molecule has 0 N–H and O–H groups in total. The van der Waals surface area contributed by atoms with Crippen LogP contribution in [-0.2, 0) is 0 Å². The summed E-state index contributed by atoms with van der Waals surface area (Å²) < 4.78 is 0. The van der Waals surface area contributed by atoms with Gasteiger partial charge in [-0.15, -0.1) is 0 Å². The monoisotopic (exact) mass is 124 g/mol. The van der Waals surface area contributed by atoms with Crippen molar-refractivity contribution in [2.75, 3.05) is 0 Å². The standard InChI is InChI=1S/C9H16/c1-9-7-5-3-2-4-6-8-9/h2,5,9H,3-4,6-8H2,1H3. The average Bonchev–Trinajstić information content (AvgIpc) is 1.79. The fourth-order valence-electron chi connectivity index (χ4n) is 1.34. The van der Waals surface area contributed by atoms with Crippen molar-refractivity contribution in [3.8, 4) is 0 Å². The molecule has 0 heteroatoms. The summed E-state index contributed by atoms with van der Waals surface area (Å²) in [5.74, 6) is 0.943. The summed E-state index contributed by atoms with van der Waals surface area (Å²) in [6, 6.07) is 0. The fourth-order valence-corrected chi connectivity index (χ4v) is 1.34. The first kappa shape index (κ1) is 7.11. The van der Waals surface area contributed by atoms with E-state index in [-0.39, 0.29) is 0 Å². The van der Waals surface area contributed by atoms with Gasteiger partial charge in [0.25, 0.3) is 0 Å². The van der Waals surface area contributed by atoms with Gasteiger partial charge in [-0.1, -0.05) is 26.2 Å². The molecule has 2 radical (unpaired) electrons. The summed E-state index contributed by atoms with van der Waals surface area (Å²) in [6.07, 6.45) is 11.5. The maximum absolute atomic E-state index is 2.41. The zero-order valence-electron chi connectivity index (χ0n) is 6.27. The van der Waals surface area contributed by atoms with Crippen molar-refractivity contribution < 1.29 is 0 Å². The van der Waals surface area contributed by atoms with Crippen LogP contribution >= 0.6 is 0 Å². The molecular weight excluding hydrogens is 108 g/mol. The first-order chi connectivity index (χ1) is 4.39. The minimum Gasteiger partial charge on any atom is -0.0625 e. The van der Waals surface area contributed by atoms with Crippen molar-refractivity contribution >= 4 is 0 Å². The highest BCUT2D eigenvalue weighted by atomic mass is 14.1. The molecule has 0 aromatic heterocycles. The van der Waals surface area contributed by atoms with E-state index in [1.54, 1.807) is 0 Å². The van der Waals surface area contributed by atoms with Crippen molar-refractivity contribution in [3.05, 3.63) is 12.8 Å². The Morgan fingerprint density at radius 2 is 2.22 bits per heavy atom. The average molecular weight is 124 g/mol. The van der Waals surface area contributed by atoms with Crippen molar-refractivity contribution in [1.82, 2.24) is 0 Å². The van der Waals surface area contributed by atoms with E-state index in [0.717, 1.165) is 5.92 Å². The lowest BCUT2D eigenvalue weighted by molar-refractivity contribution is 0.480. The minimum absolute atomic E-state index is 0.943.